The molecule has 0 aliphatic heterocycles. The van der Waals surface area contributed by atoms with E-state index >= 15 is 0 Å². The Morgan fingerprint density at radius 2 is 1.39 bits per heavy atom. The van der Waals surface area contributed by atoms with E-state index in [2.05, 4.69) is 53.8 Å². The van der Waals surface area contributed by atoms with Crippen LogP contribution in [0.1, 0.15) is 117 Å². The lowest BCUT2D eigenvalue weighted by Crippen LogP contribution is -2.66. The molecule has 1 amide bonds. The first-order valence-electron chi connectivity index (χ1n) is 21.5. The van der Waals surface area contributed by atoms with E-state index in [4.69, 9.17) is 14.2 Å². The molecule has 8 heteroatoms. The second-order valence-electron chi connectivity index (χ2n) is 20.2. The number of allylic oxidation sites excluding steroid dienone is 2. The van der Waals surface area contributed by atoms with Gasteiger partial charge >= 0.3 is 11.9 Å². The number of fused-ring (bicyclic) bond motifs is 7. The van der Waals surface area contributed by atoms with E-state index in [9.17, 15) is 19.2 Å². The van der Waals surface area contributed by atoms with Crippen LogP contribution in [-0.2, 0) is 46.6 Å². The third-order valence-corrected chi connectivity index (χ3v) is 16.6. The number of amides is 1. The van der Waals surface area contributed by atoms with E-state index in [0.29, 0.717) is 19.4 Å². The maximum atomic E-state index is 14.9. The first kappa shape index (κ1) is 41.4. The predicted molar refractivity (Wildman–Crippen MR) is 219 cm³/mol. The van der Waals surface area contributed by atoms with E-state index in [1.165, 1.54) is 5.57 Å². The molecule has 4 saturated carbocycles. The van der Waals surface area contributed by atoms with Gasteiger partial charge in [-0.3, -0.25) is 19.2 Å². The molecule has 5 aliphatic carbocycles. The molecule has 5 aliphatic rings. The van der Waals surface area contributed by atoms with Crippen molar-refractivity contribution in [2.24, 2.45) is 56.2 Å². The predicted octanol–water partition coefficient (Wildman–Crippen LogP) is 9.20. The van der Waals surface area contributed by atoms with Gasteiger partial charge in [0.15, 0.2) is 5.78 Å². The molecular formula is C49H65NO7. The van der Waals surface area contributed by atoms with Gasteiger partial charge in [0.25, 0.3) is 0 Å². The van der Waals surface area contributed by atoms with Gasteiger partial charge in [0, 0.05) is 11.8 Å². The minimum Gasteiger partial charge on any atom is -0.462 e. The second kappa shape index (κ2) is 15.4. The van der Waals surface area contributed by atoms with E-state index in [-0.39, 0.29) is 94.8 Å². The van der Waals surface area contributed by atoms with Crippen LogP contribution >= 0.6 is 0 Å². The molecule has 8 nitrogen and oxygen atoms in total. The largest absolute Gasteiger partial charge is 0.462 e. The Morgan fingerprint density at radius 3 is 2.07 bits per heavy atom. The molecule has 0 radical (unpaired) electrons. The van der Waals surface area contributed by atoms with Crippen molar-refractivity contribution in [2.75, 3.05) is 19.8 Å². The molecule has 0 spiro atoms. The zero-order valence-electron chi connectivity index (χ0n) is 35.4. The SMILES string of the molecule is CC1(C)[C@@H](C(=O)NCC(=O)OCCOCc2ccccc2)CC[C@]2(C)[C@H]3C(=O)C=C4C5C[C@@](C)(C(=O)OCc6ccccc6)CC[C@]5(C)CC[C@@]4(C)[C@]3(C)CC[C@@H]12. The molecule has 2 aromatic rings. The third-order valence-electron chi connectivity index (χ3n) is 16.6. The fraction of sp³-hybridized carbons (Fsp3) is 0.633. The highest BCUT2D eigenvalue weighted by Crippen LogP contribution is 2.75. The number of hydrogen-bond donors (Lipinski definition) is 1. The summed E-state index contributed by atoms with van der Waals surface area (Å²) in [7, 11) is 0. The Bertz CT molecular complexity index is 1870. The molecule has 308 valence electrons. The van der Waals surface area contributed by atoms with Crippen LogP contribution in [0, 0.1) is 56.2 Å². The summed E-state index contributed by atoms with van der Waals surface area (Å²) in [4.78, 5) is 55.1. The number of ketones is 1. The number of rotatable bonds is 11. The van der Waals surface area contributed by atoms with Gasteiger partial charge in [0.2, 0.25) is 5.91 Å². The molecule has 7 rings (SSSR count). The van der Waals surface area contributed by atoms with Crippen LogP contribution in [0.2, 0.25) is 0 Å². The highest BCUT2D eigenvalue weighted by Gasteiger charge is 2.70. The zero-order chi connectivity index (χ0) is 40.9. The molecule has 9 atom stereocenters. The number of benzene rings is 2. The van der Waals surface area contributed by atoms with E-state index < -0.39 is 11.4 Å². The van der Waals surface area contributed by atoms with Crippen LogP contribution in [0.4, 0.5) is 0 Å². The summed E-state index contributed by atoms with van der Waals surface area (Å²) in [6.07, 6.45) is 9.88. The quantitative estimate of drug-likeness (QED) is 0.179. The molecule has 0 aromatic heterocycles. The van der Waals surface area contributed by atoms with Gasteiger partial charge in [0.05, 0.1) is 18.6 Å². The number of hydrogen-bond acceptors (Lipinski definition) is 7. The summed E-state index contributed by atoms with van der Waals surface area (Å²) in [5, 5.41) is 2.90. The second-order valence-corrected chi connectivity index (χ2v) is 20.2. The van der Waals surface area contributed by atoms with Crippen LogP contribution in [0.5, 0.6) is 0 Å². The van der Waals surface area contributed by atoms with Gasteiger partial charge in [-0.05, 0) is 121 Å². The van der Waals surface area contributed by atoms with Crippen molar-refractivity contribution in [1.29, 1.82) is 0 Å². The molecular weight excluding hydrogens is 715 g/mol. The first-order chi connectivity index (χ1) is 27.0. The van der Waals surface area contributed by atoms with Crippen LogP contribution in [-0.4, -0.2) is 43.4 Å². The Balaban J connectivity index is 1.02. The van der Waals surface area contributed by atoms with Crippen molar-refractivity contribution in [2.45, 2.75) is 119 Å². The van der Waals surface area contributed by atoms with Crippen LogP contribution in [0.15, 0.2) is 72.3 Å². The van der Waals surface area contributed by atoms with Crippen molar-refractivity contribution in [3.8, 4) is 0 Å². The number of ether oxygens (including phenoxy) is 3. The Labute approximate surface area is 340 Å². The van der Waals surface area contributed by atoms with Crippen molar-refractivity contribution >= 4 is 23.6 Å². The highest BCUT2D eigenvalue weighted by molar-refractivity contribution is 5.96. The fourth-order valence-electron chi connectivity index (χ4n) is 13.1. The Morgan fingerprint density at radius 1 is 0.737 bits per heavy atom. The summed E-state index contributed by atoms with van der Waals surface area (Å²) < 4.78 is 16.9. The van der Waals surface area contributed by atoms with Gasteiger partial charge in [-0.2, -0.15) is 0 Å². The van der Waals surface area contributed by atoms with E-state index in [0.717, 1.165) is 56.1 Å². The summed E-state index contributed by atoms with van der Waals surface area (Å²) in [5.41, 5.74) is 1.64. The maximum Gasteiger partial charge on any atom is 0.325 e. The topological polar surface area (TPSA) is 108 Å². The van der Waals surface area contributed by atoms with Gasteiger partial charge in [-0.25, -0.2) is 0 Å². The van der Waals surface area contributed by atoms with Crippen LogP contribution in [0.25, 0.3) is 0 Å². The Hall–Kier alpha value is -3.78. The van der Waals surface area contributed by atoms with E-state index in [1.807, 2.05) is 66.7 Å². The number of esters is 2. The third kappa shape index (κ3) is 7.31. The minimum absolute atomic E-state index is 0.0329. The standard InChI is InChI=1S/C49H65NO7/c1-44(2)35(42(53)50-30-40(52)56-27-26-55-31-33-14-10-8-11-15-33)18-20-47(5)39(44)19-21-49(7)41(47)38(51)28-36-37-29-46(4,23-22-45(37,3)24-25-48(36,49)6)43(54)57-32-34-16-12-9-13-17-34/h8-17,28,35,37,39,41H,18-27,29-32H2,1-7H3,(H,50,53)/t35-,37?,39+,41-,45-,46+,47+,48-,49-/m1/s1. The first-order valence-corrected chi connectivity index (χ1v) is 21.5. The number of carbonyl (C=O) groups is 4. The van der Waals surface area contributed by atoms with Gasteiger partial charge in [-0.1, -0.05) is 108 Å². The molecule has 57 heavy (non-hydrogen) atoms. The maximum absolute atomic E-state index is 14.9. The van der Waals surface area contributed by atoms with Crippen molar-refractivity contribution in [3.63, 3.8) is 0 Å². The zero-order valence-corrected chi connectivity index (χ0v) is 35.4. The molecule has 2 aromatic carbocycles. The summed E-state index contributed by atoms with van der Waals surface area (Å²) in [5.74, 6) is -0.640. The molecule has 0 saturated heterocycles. The van der Waals surface area contributed by atoms with Gasteiger partial charge in [0.1, 0.15) is 19.8 Å². The van der Waals surface area contributed by atoms with Gasteiger partial charge in [-0.15, -0.1) is 0 Å². The Kier molecular flexibility index (Phi) is 11.2. The number of carbonyl (C=O) groups excluding carboxylic acids is 4. The minimum atomic E-state index is -0.612. The van der Waals surface area contributed by atoms with Crippen LogP contribution < -0.4 is 5.32 Å². The normalized spacial score (nSPS) is 36.6. The van der Waals surface area contributed by atoms with Crippen LogP contribution in [0.3, 0.4) is 0 Å². The summed E-state index contributed by atoms with van der Waals surface area (Å²) in [6.45, 7) is 17.0. The van der Waals surface area contributed by atoms with Crippen molar-refractivity contribution in [3.05, 3.63) is 83.4 Å². The van der Waals surface area contributed by atoms with E-state index in [1.54, 1.807) is 0 Å². The molecule has 1 N–H and O–H groups in total. The fourth-order valence-corrected chi connectivity index (χ4v) is 13.1. The summed E-state index contributed by atoms with van der Waals surface area (Å²) >= 11 is 0. The number of nitrogens with one attached hydrogen (secondary N) is 1. The van der Waals surface area contributed by atoms with Crippen molar-refractivity contribution in [1.82, 2.24) is 5.32 Å². The average Bonchev–Trinajstić information content (AvgIpc) is 3.18. The van der Waals surface area contributed by atoms with Gasteiger partial charge < -0.3 is 19.5 Å². The average molecular weight is 780 g/mol. The lowest BCUT2D eigenvalue weighted by atomic mass is 9.33. The van der Waals surface area contributed by atoms with Crippen molar-refractivity contribution < 1.29 is 33.4 Å². The lowest BCUT2D eigenvalue weighted by molar-refractivity contribution is -0.195. The molecule has 1 unspecified atom stereocenters. The smallest absolute Gasteiger partial charge is 0.325 e. The highest BCUT2D eigenvalue weighted by atomic mass is 16.6. The molecule has 0 heterocycles. The summed E-state index contributed by atoms with van der Waals surface area (Å²) in [6, 6.07) is 19.7. The molecule has 0 bridgehead atoms. The molecule has 4 fully saturated rings. The monoisotopic (exact) mass is 779 g/mol. The lowest BCUT2D eigenvalue weighted by Gasteiger charge is -2.70.